The van der Waals surface area contributed by atoms with Crippen LogP contribution in [0, 0.1) is 17.8 Å². The minimum absolute atomic E-state index is 0.182. The van der Waals surface area contributed by atoms with Gasteiger partial charge in [0, 0.05) is 5.92 Å². The zero-order valence-electron chi connectivity index (χ0n) is 17.1. The number of halogens is 3. The number of hydrogen-bond donors (Lipinski definition) is 0. The van der Waals surface area contributed by atoms with Gasteiger partial charge in [-0.05, 0) is 56.7 Å². The van der Waals surface area contributed by atoms with E-state index >= 15 is 0 Å². The normalized spacial score (nSPS) is 18.2. The molecular formula is C21H22F3O7S-. The van der Waals surface area contributed by atoms with Crippen molar-refractivity contribution >= 4 is 16.1 Å². The SMILES string of the molecule is O=C(OCCS(=O)(=O)[O-])c1ccc(OC(F)(F)F)c(OC2(C#CC3CC3)CCCCC2)c1. The highest BCUT2D eigenvalue weighted by Gasteiger charge is 2.37. The third kappa shape index (κ3) is 7.60. The monoisotopic (exact) mass is 475 g/mol. The summed E-state index contributed by atoms with van der Waals surface area (Å²) in [5.41, 5.74) is -1.18. The largest absolute Gasteiger partial charge is 0.748 e. The Labute approximate surface area is 184 Å². The highest BCUT2D eigenvalue weighted by molar-refractivity contribution is 7.85. The van der Waals surface area contributed by atoms with Gasteiger partial charge in [-0.15, -0.1) is 13.2 Å². The number of alkyl halides is 3. The molecule has 2 aliphatic carbocycles. The molecule has 0 radical (unpaired) electrons. The predicted molar refractivity (Wildman–Crippen MR) is 105 cm³/mol. The number of benzene rings is 1. The van der Waals surface area contributed by atoms with E-state index < -0.39 is 46.2 Å². The fourth-order valence-corrected chi connectivity index (χ4v) is 3.58. The van der Waals surface area contributed by atoms with Crippen LogP contribution in [0.5, 0.6) is 11.5 Å². The van der Waals surface area contributed by atoms with E-state index in [1.807, 2.05) is 0 Å². The topological polar surface area (TPSA) is 102 Å². The van der Waals surface area contributed by atoms with Gasteiger partial charge in [-0.25, -0.2) is 13.2 Å². The molecule has 0 atom stereocenters. The Morgan fingerprint density at radius 3 is 2.44 bits per heavy atom. The average molecular weight is 475 g/mol. The molecule has 0 spiro atoms. The first-order chi connectivity index (χ1) is 14.9. The lowest BCUT2D eigenvalue weighted by Crippen LogP contribution is -2.37. The molecule has 3 rings (SSSR count). The quantitative estimate of drug-likeness (QED) is 0.336. The van der Waals surface area contributed by atoms with Crippen LogP contribution >= 0.6 is 0 Å². The second-order valence-corrected chi connectivity index (χ2v) is 9.33. The van der Waals surface area contributed by atoms with Gasteiger partial charge in [0.1, 0.15) is 6.61 Å². The third-order valence-corrected chi connectivity index (χ3v) is 5.69. The highest BCUT2D eigenvalue weighted by Crippen LogP contribution is 2.40. The Balaban J connectivity index is 1.87. The van der Waals surface area contributed by atoms with E-state index in [-0.39, 0.29) is 17.2 Å². The minimum atomic E-state index is -4.98. The van der Waals surface area contributed by atoms with Crippen molar-refractivity contribution in [1.82, 2.24) is 0 Å². The lowest BCUT2D eigenvalue weighted by atomic mass is 9.85. The number of carbonyl (C=O) groups excluding carboxylic acids is 1. The first kappa shape index (κ1) is 24.2. The molecule has 0 aliphatic heterocycles. The molecule has 176 valence electrons. The van der Waals surface area contributed by atoms with E-state index in [4.69, 9.17) is 9.47 Å². The maximum absolute atomic E-state index is 12.9. The summed E-state index contributed by atoms with van der Waals surface area (Å²) in [5, 5.41) is 0. The van der Waals surface area contributed by atoms with Crippen LogP contribution in [0.15, 0.2) is 18.2 Å². The smallest absolute Gasteiger partial charge is 0.573 e. The summed E-state index contributed by atoms with van der Waals surface area (Å²) in [5.74, 6) is 3.61. The summed E-state index contributed by atoms with van der Waals surface area (Å²) < 4.78 is 85.5. The number of ether oxygens (including phenoxy) is 3. The van der Waals surface area contributed by atoms with Crippen molar-refractivity contribution in [1.29, 1.82) is 0 Å². The molecular weight excluding hydrogens is 453 g/mol. The number of esters is 1. The molecule has 0 heterocycles. The Morgan fingerprint density at radius 2 is 1.84 bits per heavy atom. The second-order valence-electron chi connectivity index (χ2n) is 7.81. The standard InChI is InChI=1S/C21H23F3O7S/c22-21(23,24)31-17-7-6-16(19(25)29-12-13-32(26,27)28)14-18(17)30-20(9-2-1-3-10-20)11-8-15-4-5-15/h6-7,14-15H,1-5,9-10,12-13H2,(H,26,27,28)/p-1. The van der Waals surface area contributed by atoms with Crippen LogP contribution in [0.4, 0.5) is 13.2 Å². The minimum Gasteiger partial charge on any atom is -0.748 e. The van der Waals surface area contributed by atoms with Gasteiger partial charge in [-0.2, -0.15) is 0 Å². The molecule has 0 bridgehead atoms. The van der Waals surface area contributed by atoms with E-state index in [1.54, 1.807) is 0 Å². The van der Waals surface area contributed by atoms with Gasteiger partial charge in [0.15, 0.2) is 17.1 Å². The summed E-state index contributed by atoms with van der Waals surface area (Å²) in [7, 11) is -4.58. The van der Waals surface area contributed by atoms with E-state index in [0.29, 0.717) is 12.8 Å². The van der Waals surface area contributed by atoms with Crippen molar-refractivity contribution in [3.63, 3.8) is 0 Å². The summed E-state index contributed by atoms with van der Waals surface area (Å²) in [6, 6.07) is 3.00. The van der Waals surface area contributed by atoms with E-state index in [9.17, 15) is 30.9 Å². The Kier molecular flexibility index (Phi) is 7.25. The molecule has 0 aromatic heterocycles. The van der Waals surface area contributed by atoms with Crippen molar-refractivity contribution in [2.45, 2.75) is 56.9 Å². The Bertz CT molecular complexity index is 998. The molecule has 11 heteroatoms. The van der Waals surface area contributed by atoms with Gasteiger partial charge < -0.3 is 18.8 Å². The van der Waals surface area contributed by atoms with Crippen LogP contribution in [0.25, 0.3) is 0 Å². The van der Waals surface area contributed by atoms with Gasteiger partial charge in [0.25, 0.3) is 0 Å². The van der Waals surface area contributed by atoms with Crippen LogP contribution in [-0.4, -0.2) is 43.3 Å². The van der Waals surface area contributed by atoms with E-state index in [0.717, 1.165) is 50.3 Å². The Hall–Kier alpha value is -2.45. The van der Waals surface area contributed by atoms with Crippen molar-refractivity contribution < 1.29 is 45.1 Å². The molecule has 2 aliphatic rings. The summed E-state index contributed by atoms with van der Waals surface area (Å²) in [4.78, 5) is 12.2. The molecule has 0 unspecified atom stereocenters. The van der Waals surface area contributed by atoms with Gasteiger partial charge in [-0.3, -0.25) is 0 Å². The number of carbonyl (C=O) groups is 1. The molecule has 1 aromatic carbocycles. The fourth-order valence-electron chi connectivity index (χ4n) is 3.29. The first-order valence-corrected chi connectivity index (χ1v) is 11.7. The molecule has 2 saturated carbocycles. The number of rotatable bonds is 7. The van der Waals surface area contributed by atoms with Crippen LogP contribution in [-0.2, 0) is 14.9 Å². The van der Waals surface area contributed by atoms with Crippen LogP contribution in [0.3, 0.4) is 0 Å². The third-order valence-electron chi connectivity index (χ3n) is 5.02. The average Bonchev–Trinajstić information content (AvgIpc) is 3.51. The van der Waals surface area contributed by atoms with Crippen LogP contribution < -0.4 is 9.47 Å². The zero-order chi connectivity index (χ0) is 23.4. The van der Waals surface area contributed by atoms with Crippen LogP contribution in [0.1, 0.15) is 55.3 Å². The summed E-state index contributed by atoms with van der Waals surface area (Å²) >= 11 is 0. The van der Waals surface area contributed by atoms with Crippen molar-refractivity contribution in [3.05, 3.63) is 23.8 Å². The highest BCUT2D eigenvalue weighted by atomic mass is 32.2. The molecule has 32 heavy (non-hydrogen) atoms. The number of hydrogen-bond acceptors (Lipinski definition) is 7. The predicted octanol–water partition coefficient (Wildman–Crippen LogP) is 3.78. The van der Waals surface area contributed by atoms with Gasteiger partial charge in [0.2, 0.25) is 0 Å². The van der Waals surface area contributed by atoms with E-state index in [1.165, 1.54) is 0 Å². The van der Waals surface area contributed by atoms with Crippen molar-refractivity contribution in [2.24, 2.45) is 5.92 Å². The molecule has 2 fully saturated rings. The maximum Gasteiger partial charge on any atom is 0.573 e. The van der Waals surface area contributed by atoms with Gasteiger partial charge in [-0.1, -0.05) is 18.3 Å². The molecule has 0 saturated heterocycles. The maximum atomic E-state index is 12.9. The van der Waals surface area contributed by atoms with Gasteiger partial charge in [0.05, 0.1) is 21.4 Å². The second kappa shape index (κ2) is 9.58. The lowest BCUT2D eigenvalue weighted by molar-refractivity contribution is -0.275. The molecule has 0 amide bonds. The van der Waals surface area contributed by atoms with Crippen molar-refractivity contribution in [3.8, 4) is 23.3 Å². The molecule has 7 nitrogen and oxygen atoms in total. The van der Waals surface area contributed by atoms with E-state index in [2.05, 4.69) is 16.6 Å². The Morgan fingerprint density at radius 1 is 1.16 bits per heavy atom. The molecule has 1 aromatic rings. The fraction of sp³-hybridized carbons (Fsp3) is 0.571. The van der Waals surface area contributed by atoms with Crippen LogP contribution in [0.2, 0.25) is 0 Å². The summed E-state index contributed by atoms with van der Waals surface area (Å²) in [6.45, 7) is -0.682. The summed E-state index contributed by atoms with van der Waals surface area (Å²) in [6.07, 6.45) is 0.555. The first-order valence-electron chi connectivity index (χ1n) is 10.2. The lowest BCUT2D eigenvalue weighted by Gasteiger charge is -2.34. The molecule has 0 N–H and O–H groups in total. The zero-order valence-corrected chi connectivity index (χ0v) is 17.9. The van der Waals surface area contributed by atoms with Crippen molar-refractivity contribution in [2.75, 3.05) is 12.4 Å². The van der Waals surface area contributed by atoms with Gasteiger partial charge >= 0.3 is 12.3 Å².